The van der Waals surface area contributed by atoms with Gasteiger partial charge in [-0.05, 0) is 54.7 Å². The van der Waals surface area contributed by atoms with Gasteiger partial charge in [-0.3, -0.25) is 0 Å². The fourth-order valence-electron chi connectivity index (χ4n) is 2.21. The lowest BCUT2D eigenvalue weighted by Crippen LogP contribution is -2.33. The summed E-state index contributed by atoms with van der Waals surface area (Å²) in [7, 11) is 0. The Balaban J connectivity index is 1.76. The van der Waals surface area contributed by atoms with Crippen LogP contribution in [0.4, 0.5) is 5.69 Å². The van der Waals surface area contributed by atoms with Gasteiger partial charge in [0, 0.05) is 15.7 Å². The average Bonchev–Trinajstić information content (AvgIpc) is 3.19. The van der Waals surface area contributed by atoms with Gasteiger partial charge >= 0.3 is 0 Å². The van der Waals surface area contributed by atoms with E-state index in [-0.39, 0.29) is 0 Å². The Labute approximate surface area is 155 Å². The lowest BCUT2D eigenvalue weighted by molar-refractivity contribution is 0.329. The molecule has 24 heavy (non-hydrogen) atoms. The van der Waals surface area contributed by atoms with E-state index in [1.807, 2.05) is 29.2 Å². The van der Waals surface area contributed by atoms with Crippen LogP contribution in [0.2, 0.25) is 10.0 Å². The highest BCUT2D eigenvalue weighted by molar-refractivity contribution is 7.80. The number of anilines is 1. The summed E-state index contributed by atoms with van der Waals surface area (Å²) in [5.41, 5.74) is 0.724. The number of furan rings is 2. The Morgan fingerprint density at radius 3 is 1.96 bits per heavy atom. The summed E-state index contributed by atoms with van der Waals surface area (Å²) >= 11 is 17.6. The molecule has 0 saturated carbocycles. The zero-order valence-corrected chi connectivity index (χ0v) is 14.9. The molecule has 0 aliphatic heterocycles. The summed E-state index contributed by atoms with van der Waals surface area (Å²) < 4.78 is 10.8. The van der Waals surface area contributed by atoms with Gasteiger partial charge < -0.3 is 19.1 Å². The van der Waals surface area contributed by atoms with Crippen molar-refractivity contribution in [3.8, 4) is 0 Å². The third-order valence-electron chi connectivity index (χ3n) is 3.25. The number of hydrogen-bond donors (Lipinski definition) is 1. The van der Waals surface area contributed by atoms with Crippen molar-refractivity contribution in [1.29, 1.82) is 0 Å². The summed E-state index contributed by atoms with van der Waals surface area (Å²) in [6, 6.07) is 12.7. The van der Waals surface area contributed by atoms with E-state index in [0.717, 1.165) is 17.2 Å². The van der Waals surface area contributed by atoms with Crippen LogP contribution in [0.15, 0.2) is 63.8 Å². The lowest BCUT2D eigenvalue weighted by atomic mass is 10.3. The second-order valence-corrected chi connectivity index (χ2v) is 6.36. The molecule has 1 aromatic carbocycles. The molecular formula is C17H14Cl2N2O2S. The molecule has 0 spiro atoms. The number of benzene rings is 1. The van der Waals surface area contributed by atoms with Gasteiger partial charge in [0.2, 0.25) is 0 Å². The van der Waals surface area contributed by atoms with Crippen LogP contribution in [0.5, 0.6) is 0 Å². The molecule has 3 aromatic rings. The zero-order valence-electron chi connectivity index (χ0n) is 12.5. The van der Waals surface area contributed by atoms with Crippen LogP contribution in [0.1, 0.15) is 11.5 Å². The molecular weight excluding hydrogens is 367 g/mol. The number of thiocarbonyl (C=S) groups is 1. The maximum atomic E-state index is 6.03. The highest BCUT2D eigenvalue weighted by Gasteiger charge is 2.15. The molecule has 2 aromatic heterocycles. The molecule has 0 radical (unpaired) electrons. The number of hydrogen-bond acceptors (Lipinski definition) is 3. The quantitative estimate of drug-likeness (QED) is 0.585. The van der Waals surface area contributed by atoms with Crippen molar-refractivity contribution in [3.63, 3.8) is 0 Å². The van der Waals surface area contributed by atoms with E-state index in [1.54, 1.807) is 30.7 Å². The normalized spacial score (nSPS) is 10.6. The first-order chi connectivity index (χ1) is 11.6. The van der Waals surface area contributed by atoms with E-state index in [2.05, 4.69) is 5.32 Å². The Bertz CT molecular complexity index is 748. The van der Waals surface area contributed by atoms with Crippen LogP contribution >= 0.6 is 35.4 Å². The van der Waals surface area contributed by atoms with Crippen molar-refractivity contribution in [3.05, 3.63) is 76.6 Å². The number of rotatable bonds is 5. The third-order valence-corrected chi connectivity index (χ3v) is 4.05. The van der Waals surface area contributed by atoms with Crippen molar-refractivity contribution in [1.82, 2.24) is 4.90 Å². The van der Waals surface area contributed by atoms with Gasteiger partial charge in [-0.25, -0.2) is 0 Å². The Hall–Kier alpha value is -1.95. The van der Waals surface area contributed by atoms with Crippen molar-refractivity contribution in [2.75, 3.05) is 5.32 Å². The monoisotopic (exact) mass is 380 g/mol. The number of nitrogens with one attached hydrogen (secondary N) is 1. The molecule has 2 heterocycles. The van der Waals surface area contributed by atoms with Crippen LogP contribution in [-0.2, 0) is 13.1 Å². The molecule has 7 heteroatoms. The summed E-state index contributed by atoms with van der Waals surface area (Å²) in [4.78, 5) is 1.93. The van der Waals surface area contributed by atoms with E-state index in [0.29, 0.717) is 28.2 Å². The molecule has 1 N–H and O–H groups in total. The average molecular weight is 381 g/mol. The van der Waals surface area contributed by atoms with Crippen molar-refractivity contribution in [2.24, 2.45) is 0 Å². The van der Waals surface area contributed by atoms with Crippen LogP contribution in [0.25, 0.3) is 0 Å². The molecule has 124 valence electrons. The highest BCUT2D eigenvalue weighted by atomic mass is 35.5. The van der Waals surface area contributed by atoms with Crippen LogP contribution in [0, 0.1) is 0 Å². The number of nitrogens with zero attached hydrogens (tertiary/aromatic N) is 1. The molecule has 0 fully saturated rings. The van der Waals surface area contributed by atoms with Crippen LogP contribution in [0.3, 0.4) is 0 Å². The van der Waals surface area contributed by atoms with Gasteiger partial charge in [0.25, 0.3) is 0 Å². The van der Waals surface area contributed by atoms with E-state index < -0.39 is 0 Å². The minimum Gasteiger partial charge on any atom is -0.467 e. The minimum atomic E-state index is 0.508. The van der Waals surface area contributed by atoms with Gasteiger partial charge in [-0.2, -0.15) is 0 Å². The molecule has 0 saturated heterocycles. The second kappa shape index (κ2) is 7.75. The summed E-state index contributed by atoms with van der Waals surface area (Å²) in [5.74, 6) is 1.60. The van der Waals surface area contributed by atoms with Crippen molar-refractivity contribution < 1.29 is 8.83 Å². The maximum absolute atomic E-state index is 6.03. The van der Waals surface area contributed by atoms with E-state index in [4.69, 9.17) is 44.3 Å². The van der Waals surface area contributed by atoms with E-state index in [9.17, 15) is 0 Å². The Kier molecular flexibility index (Phi) is 5.45. The SMILES string of the molecule is S=C(Nc1cc(Cl)cc(Cl)c1)N(Cc1ccco1)Cc1ccco1. The topological polar surface area (TPSA) is 41.5 Å². The van der Waals surface area contributed by atoms with E-state index in [1.165, 1.54) is 0 Å². The van der Waals surface area contributed by atoms with Gasteiger partial charge in [-0.15, -0.1) is 0 Å². The first-order valence-corrected chi connectivity index (χ1v) is 8.33. The maximum Gasteiger partial charge on any atom is 0.174 e. The number of halogens is 2. The Morgan fingerprint density at radius 1 is 0.958 bits per heavy atom. The fraction of sp³-hybridized carbons (Fsp3) is 0.118. The lowest BCUT2D eigenvalue weighted by Gasteiger charge is -2.24. The van der Waals surface area contributed by atoms with Gasteiger partial charge in [0.15, 0.2) is 5.11 Å². The molecule has 3 rings (SSSR count). The van der Waals surface area contributed by atoms with Crippen LogP contribution < -0.4 is 5.32 Å². The third kappa shape index (κ3) is 4.54. The molecule has 0 atom stereocenters. The summed E-state index contributed by atoms with van der Waals surface area (Å²) in [5, 5.41) is 4.75. The molecule has 4 nitrogen and oxygen atoms in total. The first-order valence-electron chi connectivity index (χ1n) is 7.17. The smallest absolute Gasteiger partial charge is 0.174 e. The molecule has 0 aliphatic rings. The van der Waals surface area contributed by atoms with Crippen molar-refractivity contribution >= 4 is 46.2 Å². The van der Waals surface area contributed by atoms with Crippen LogP contribution in [-0.4, -0.2) is 10.0 Å². The fourth-order valence-corrected chi connectivity index (χ4v) is 2.98. The van der Waals surface area contributed by atoms with Gasteiger partial charge in [-0.1, -0.05) is 23.2 Å². The standard InChI is InChI=1S/C17H14Cl2N2O2S/c18-12-7-13(19)9-14(8-12)20-17(24)21(10-15-3-1-5-22-15)11-16-4-2-6-23-16/h1-9H,10-11H2,(H,20,24). The molecule has 0 aliphatic carbocycles. The highest BCUT2D eigenvalue weighted by Crippen LogP contribution is 2.23. The van der Waals surface area contributed by atoms with Crippen molar-refractivity contribution in [2.45, 2.75) is 13.1 Å². The Morgan fingerprint density at radius 2 is 1.50 bits per heavy atom. The van der Waals surface area contributed by atoms with Gasteiger partial charge in [0.05, 0.1) is 25.6 Å². The molecule has 0 unspecified atom stereocenters. The molecule has 0 amide bonds. The molecule has 0 bridgehead atoms. The second-order valence-electron chi connectivity index (χ2n) is 5.10. The first kappa shape index (κ1) is 16.9. The predicted octanol–water partition coefficient (Wildman–Crippen LogP) is 5.58. The van der Waals surface area contributed by atoms with Gasteiger partial charge in [0.1, 0.15) is 11.5 Å². The summed E-state index contributed by atoms with van der Waals surface area (Å²) in [6.07, 6.45) is 3.27. The predicted molar refractivity (Wildman–Crippen MR) is 99.3 cm³/mol. The summed E-state index contributed by atoms with van der Waals surface area (Å²) in [6.45, 7) is 1.02. The minimum absolute atomic E-state index is 0.508. The zero-order chi connectivity index (χ0) is 16.9. The van der Waals surface area contributed by atoms with E-state index >= 15 is 0 Å². The largest absolute Gasteiger partial charge is 0.467 e.